The van der Waals surface area contributed by atoms with Crippen LogP contribution in [0.15, 0.2) is 36.4 Å². The highest BCUT2D eigenvalue weighted by Gasteiger charge is 2.25. The molecule has 0 spiro atoms. The molecule has 2 unspecified atom stereocenters. The van der Waals surface area contributed by atoms with Crippen molar-refractivity contribution in [1.82, 2.24) is 0 Å². The summed E-state index contributed by atoms with van der Waals surface area (Å²) in [5.41, 5.74) is 7.09. The molecule has 0 saturated heterocycles. The highest BCUT2D eigenvalue weighted by atomic mass is 16.5. The van der Waals surface area contributed by atoms with Gasteiger partial charge in [-0.15, -0.1) is 0 Å². The van der Waals surface area contributed by atoms with Gasteiger partial charge in [0.1, 0.15) is 5.75 Å². The lowest BCUT2D eigenvalue weighted by atomic mass is 9.85. The summed E-state index contributed by atoms with van der Waals surface area (Å²) in [6, 6.07) is 11.8. The Bertz CT molecular complexity index is 637. The van der Waals surface area contributed by atoms with Gasteiger partial charge < -0.3 is 15.2 Å². The topological polar surface area (TPSA) is 61.5 Å². The summed E-state index contributed by atoms with van der Waals surface area (Å²) < 4.78 is 10.3. The standard InChI is InChI=1S/C17H21NO3/c1-11(18)14(10-16(19)21-3)17-13-7-5-4-6-12(13)8-9-15(17)20-2/h4-9,11,14H,10,18H2,1-3H3. The predicted molar refractivity (Wildman–Crippen MR) is 83.5 cm³/mol. The molecule has 0 aliphatic heterocycles. The quantitative estimate of drug-likeness (QED) is 0.859. The van der Waals surface area contributed by atoms with Crippen LogP contribution in [0.1, 0.15) is 24.8 Å². The lowest BCUT2D eigenvalue weighted by molar-refractivity contribution is -0.141. The first-order valence-electron chi connectivity index (χ1n) is 6.96. The van der Waals surface area contributed by atoms with Crippen molar-refractivity contribution in [1.29, 1.82) is 0 Å². The molecule has 21 heavy (non-hydrogen) atoms. The number of carbonyl (C=O) groups excluding carboxylic acids is 1. The minimum Gasteiger partial charge on any atom is -0.496 e. The third kappa shape index (κ3) is 3.16. The van der Waals surface area contributed by atoms with Crippen LogP contribution < -0.4 is 10.5 Å². The van der Waals surface area contributed by atoms with Gasteiger partial charge in [0, 0.05) is 17.5 Å². The van der Waals surface area contributed by atoms with E-state index in [1.54, 1.807) is 7.11 Å². The number of rotatable bonds is 5. The Morgan fingerprint density at radius 1 is 1.19 bits per heavy atom. The lowest BCUT2D eigenvalue weighted by Crippen LogP contribution is -2.27. The molecule has 4 nitrogen and oxygen atoms in total. The molecule has 0 fully saturated rings. The molecule has 112 valence electrons. The van der Waals surface area contributed by atoms with Crippen molar-refractivity contribution in [3.05, 3.63) is 42.0 Å². The van der Waals surface area contributed by atoms with Gasteiger partial charge in [0.15, 0.2) is 0 Å². The van der Waals surface area contributed by atoms with E-state index in [1.807, 2.05) is 43.3 Å². The Labute approximate surface area is 124 Å². The van der Waals surface area contributed by atoms with Gasteiger partial charge in [0.2, 0.25) is 0 Å². The number of fused-ring (bicyclic) bond motifs is 1. The maximum atomic E-state index is 11.7. The number of ether oxygens (including phenoxy) is 2. The number of benzene rings is 2. The summed E-state index contributed by atoms with van der Waals surface area (Å²) in [5.74, 6) is 0.325. The molecule has 2 aromatic carbocycles. The minimum atomic E-state index is -0.271. The maximum absolute atomic E-state index is 11.7. The summed E-state index contributed by atoms with van der Waals surface area (Å²) in [4.78, 5) is 11.7. The monoisotopic (exact) mass is 287 g/mol. The van der Waals surface area contributed by atoms with Crippen LogP contribution in [0, 0.1) is 0 Å². The first-order valence-corrected chi connectivity index (χ1v) is 6.96. The molecule has 0 heterocycles. The molecule has 2 atom stereocenters. The number of hydrogen-bond donors (Lipinski definition) is 1. The van der Waals surface area contributed by atoms with Crippen LogP contribution in [0.25, 0.3) is 10.8 Å². The van der Waals surface area contributed by atoms with E-state index in [2.05, 4.69) is 0 Å². The van der Waals surface area contributed by atoms with Gasteiger partial charge >= 0.3 is 5.97 Å². The second-order valence-corrected chi connectivity index (χ2v) is 5.15. The fourth-order valence-corrected chi connectivity index (χ4v) is 2.65. The van der Waals surface area contributed by atoms with Crippen molar-refractivity contribution >= 4 is 16.7 Å². The van der Waals surface area contributed by atoms with Gasteiger partial charge in [-0.2, -0.15) is 0 Å². The van der Waals surface area contributed by atoms with Crippen LogP contribution in [-0.2, 0) is 9.53 Å². The fourth-order valence-electron chi connectivity index (χ4n) is 2.65. The Morgan fingerprint density at radius 3 is 2.52 bits per heavy atom. The number of carbonyl (C=O) groups is 1. The van der Waals surface area contributed by atoms with Crippen molar-refractivity contribution in [3.63, 3.8) is 0 Å². The van der Waals surface area contributed by atoms with E-state index in [1.165, 1.54) is 7.11 Å². The molecule has 2 N–H and O–H groups in total. The third-order valence-corrected chi connectivity index (χ3v) is 3.77. The van der Waals surface area contributed by atoms with E-state index in [0.717, 1.165) is 22.1 Å². The molecular weight excluding hydrogens is 266 g/mol. The number of methoxy groups -OCH3 is 2. The maximum Gasteiger partial charge on any atom is 0.306 e. The molecule has 4 heteroatoms. The van der Waals surface area contributed by atoms with Crippen LogP contribution in [0.4, 0.5) is 0 Å². The Kier molecular flexibility index (Phi) is 4.81. The van der Waals surface area contributed by atoms with Gasteiger partial charge in [0.05, 0.1) is 20.6 Å². The van der Waals surface area contributed by atoms with Crippen molar-refractivity contribution in [2.45, 2.75) is 25.3 Å². The molecule has 0 aliphatic rings. The zero-order valence-electron chi connectivity index (χ0n) is 12.6. The highest BCUT2D eigenvalue weighted by molar-refractivity contribution is 5.89. The molecular formula is C17H21NO3. The van der Waals surface area contributed by atoms with Crippen molar-refractivity contribution in [2.24, 2.45) is 5.73 Å². The van der Waals surface area contributed by atoms with E-state index in [0.29, 0.717) is 0 Å². The van der Waals surface area contributed by atoms with E-state index >= 15 is 0 Å². The Balaban J connectivity index is 2.61. The van der Waals surface area contributed by atoms with Gasteiger partial charge in [0.25, 0.3) is 0 Å². The first-order chi connectivity index (χ1) is 10.1. The van der Waals surface area contributed by atoms with Crippen LogP contribution in [0.2, 0.25) is 0 Å². The average Bonchev–Trinajstić information content (AvgIpc) is 2.51. The Hall–Kier alpha value is -2.07. The van der Waals surface area contributed by atoms with Crippen molar-refractivity contribution in [3.8, 4) is 5.75 Å². The summed E-state index contributed by atoms with van der Waals surface area (Å²) in [6.07, 6.45) is 0.235. The zero-order chi connectivity index (χ0) is 15.4. The van der Waals surface area contributed by atoms with Crippen LogP contribution >= 0.6 is 0 Å². The van der Waals surface area contributed by atoms with E-state index in [4.69, 9.17) is 15.2 Å². The van der Waals surface area contributed by atoms with Crippen molar-refractivity contribution < 1.29 is 14.3 Å². The summed E-state index contributed by atoms with van der Waals surface area (Å²) in [5, 5.41) is 2.16. The Morgan fingerprint density at radius 2 is 1.90 bits per heavy atom. The summed E-state index contributed by atoms with van der Waals surface area (Å²) >= 11 is 0. The summed E-state index contributed by atoms with van der Waals surface area (Å²) in [6.45, 7) is 1.90. The van der Waals surface area contributed by atoms with Gasteiger partial charge in [-0.3, -0.25) is 4.79 Å². The fraction of sp³-hybridized carbons (Fsp3) is 0.353. The van der Waals surface area contributed by atoms with E-state index in [-0.39, 0.29) is 24.3 Å². The SMILES string of the molecule is COC(=O)CC(c1c(OC)ccc2ccccc12)C(C)N. The van der Waals surface area contributed by atoms with Crippen molar-refractivity contribution in [2.75, 3.05) is 14.2 Å². The lowest BCUT2D eigenvalue weighted by Gasteiger charge is -2.24. The molecule has 2 aromatic rings. The molecule has 0 saturated carbocycles. The normalized spacial score (nSPS) is 13.7. The van der Waals surface area contributed by atoms with Gasteiger partial charge in [-0.05, 0) is 23.8 Å². The molecule has 0 bridgehead atoms. The molecule has 2 rings (SSSR count). The summed E-state index contributed by atoms with van der Waals surface area (Å²) in [7, 11) is 3.02. The highest BCUT2D eigenvalue weighted by Crippen LogP contribution is 2.37. The first kappa shape index (κ1) is 15.3. The predicted octanol–water partition coefficient (Wildman–Crippen LogP) is 2.84. The molecule has 0 aliphatic carbocycles. The number of nitrogens with two attached hydrogens (primary N) is 1. The molecule has 0 amide bonds. The smallest absolute Gasteiger partial charge is 0.306 e. The van der Waals surface area contributed by atoms with Crippen LogP contribution in [0.5, 0.6) is 5.75 Å². The largest absolute Gasteiger partial charge is 0.496 e. The van der Waals surface area contributed by atoms with Gasteiger partial charge in [-0.1, -0.05) is 30.3 Å². The molecule has 0 radical (unpaired) electrons. The number of esters is 1. The average molecular weight is 287 g/mol. The molecule has 0 aromatic heterocycles. The van der Waals surface area contributed by atoms with Gasteiger partial charge in [-0.25, -0.2) is 0 Å². The van der Waals surface area contributed by atoms with E-state index < -0.39 is 0 Å². The minimum absolute atomic E-state index is 0.154. The zero-order valence-corrected chi connectivity index (χ0v) is 12.6. The number of hydrogen-bond acceptors (Lipinski definition) is 4. The van der Waals surface area contributed by atoms with Crippen LogP contribution in [-0.4, -0.2) is 26.2 Å². The van der Waals surface area contributed by atoms with E-state index in [9.17, 15) is 4.79 Å². The second-order valence-electron chi connectivity index (χ2n) is 5.15. The third-order valence-electron chi connectivity index (χ3n) is 3.77. The second kappa shape index (κ2) is 6.59. The van der Waals surface area contributed by atoms with Crippen LogP contribution in [0.3, 0.4) is 0 Å².